The molecule has 3 rings (SSSR count). The van der Waals surface area contributed by atoms with Gasteiger partial charge in [0.1, 0.15) is 0 Å². The van der Waals surface area contributed by atoms with E-state index >= 15 is 0 Å². The molecule has 1 aliphatic carbocycles. The fourth-order valence-electron chi connectivity index (χ4n) is 3.39. The monoisotopic (exact) mass is 566 g/mol. The second-order valence-electron chi connectivity index (χ2n) is 7.93. The Morgan fingerprint density at radius 2 is 1.81 bits per heavy atom. The zero-order valence-corrected chi connectivity index (χ0v) is 21.2. The normalized spacial score (nSPS) is 19.5. The molecule has 0 bridgehead atoms. The molecule has 0 atom stereocenters. The highest BCUT2D eigenvalue weighted by molar-refractivity contribution is 14.0. The second-order valence-corrected chi connectivity index (χ2v) is 10.6. The maximum absolute atomic E-state index is 4.44. The molecule has 4 nitrogen and oxygen atoms in total. The van der Waals surface area contributed by atoms with E-state index in [1.165, 1.54) is 43.7 Å². The molecule has 0 radical (unpaired) electrons. The van der Waals surface area contributed by atoms with E-state index < -0.39 is 0 Å². The van der Waals surface area contributed by atoms with Gasteiger partial charge in [0.05, 0.1) is 0 Å². The van der Waals surface area contributed by atoms with Gasteiger partial charge in [-0.2, -0.15) is 0 Å². The second kappa shape index (κ2) is 10.7. The molecule has 2 N–H and O–H groups in total. The van der Waals surface area contributed by atoms with E-state index in [1.807, 2.05) is 18.8 Å². The van der Waals surface area contributed by atoms with Crippen LogP contribution in [0.1, 0.15) is 39.5 Å². The van der Waals surface area contributed by atoms with Crippen LogP contribution in [0.3, 0.4) is 0 Å². The van der Waals surface area contributed by atoms with Crippen LogP contribution in [0.25, 0.3) is 0 Å². The maximum atomic E-state index is 4.44. The molecule has 1 saturated carbocycles. The maximum Gasteiger partial charge on any atom is 0.191 e. The van der Waals surface area contributed by atoms with Gasteiger partial charge < -0.3 is 15.5 Å². The molecule has 0 amide bonds. The van der Waals surface area contributed by atoms with E-state index in [9.17, 15) is 0 Å². The molecule has 152 valence electrons. The van der Waals surface area contributed by atoms with E-state index in [2.05, 4.69) is 74.6 Å². The summed E-state index contributed by atoms with van der Waals surface area (Å²) in [6, 6.07) is 9.96. The van der Waals surface area contributed by atoms with Crippen molar-refractivity contribution < 1.29 is 0 Å². The van der Waals surface area contributed by atoms with Crippen LogP contribution in [0.5, 0.6) is 0 Å². The van der Waals surface area contributed by atoms with Gasteiger partial charge in [0.15, 0.2) is 5.96 Å². The Kier molecular flexibility index (Phi) is 9.22. The fraction of sp³-hybridized carbons (Fsp3) is 0.650. The van der Waals surface area contributed by atoms with Crippen LogP contribution in [-0.2, 0) is 0 Å². The predicted octanol–water partition coefficient (Wildman–Crippen LogP) is 4.73. The molecule has 1 heterocycles. The van der Waals surface area contributed by atoms with Crippen LogP contribution in [0.2, 0.25) is 0 Å². The average Bonchev–Trinajstić information content (AvgIpc) is 3.46. The third-order valence-electron chi connectivity index (χ3n) is 5.05. The van der Waals surface area contributed by atoms with Gasteiger partial charge in [0, 0.05) is 52.9 Å². The van der Waals surface area contributed by atoms with E-state index in [1.54, 1.807) is 0 Å². The van der Waals surface area contributed by atoms with Crippen LogP contribution in [0.4, 0.5) is 0 Å². The highest BCUT2D eigenvalue weighted by atomic mass is 127. The Morgan fingerprint density at radius 3 is 2.37 bits per heavy atom. The first-order chi connectivity index (χ1) is 12.4. The van der Waals surface area contributed by atoms with Gasteiger partial charge in [-0.3, -0.25) is 4.99 Å². The molecule has 2 fully saturated rings. The number of benzene rings is 1. The van der Waals surface area contributed by atoms with E-state index in [4.69, 9.17) is 0 Å². The third kappa shape index (κ3) is 7.74. The number of likely N-dealkylation sites (tertiary alicyclic amines) is 1. The van der Waals surface area contributed by atoms with Crippen molar-refractivity contribution in [2.24, 2.45) is 4.99 Å². The Bertz CT molecular complexity index is 611. The minimum Gasteiger partial charge on any atom is -0.355 e. The minimum absolute atomic E-state index is 0. The van der Waals surface area contributed by atoms with Gasteiger partial charge in [-0.1, -0.05) is 15.9 Å². The van der Waals surface area contributed by atoms with E-state index in [0.717, 1.165) is 23.0 Å². The smallest absolute Gasteiger partial charge is 0.191 e. The van der Waals surface area contributed by atoms with Gasteiger partial charge in [-0.15, -0.1) is 35.7 Å². The van der Waals surface area contributed by atoms with Crippen LogP contribution in [0, 0.1) is 0 Å². The molecule has 1 aromatic rings. The van der Waals surface area contributed by atoms with Crippen molar-refractivity contribution in [1.82, 2.24) is 15.5 Å². The standard InChI is InChI=1S/C20H31BrN4S.HI/c1-20(2,26-18-8-4-15(21)5-9-18)14-23-19(22-3)24-16-10-12-25(13-11-16)17-6-7-17;/h4-5,8-9,16-17H,6-7,10-14H2,1-3H3,(H2,22,23,24);1H. The number of piperidine rings is 1. The lowest BCUT2D eigenvalue weighted by Gasteiger charge is -2.33. The summed E-state index contributed by atoms with van der Waals surface area (Å²) in [5.41, 5.74) is 0. The fourth-order valence-corrected chi connectivity index (χ4v) is 4.71. The van der Waals surface area contributed by atoms with E-state index in [-0.39, 0.29) is 28.7 Å². The number of aliphatic imine (C=N–C) groups is 1. The first-order valence-corrected chi connectivity index (χ1v) is 11.2. The first-order valence-electron chi connectivity index (χ1n) is 9.61. The predicted molar refractivity (Wildman–Crippen MR) is 132 cm³/mol. The molecule has 0 unspecified atom stereocenters. The molecule has 0 spiro atoms. The SMILES string of the molecule is CN=C(NCC(C)(C)Sc1ccc(Br)cc1)NC1CCN(C2CC2)CC1.I. The topological polar surface area (TPSA) is 39.7 Å². The number of halogens is 2. The summed E-state index contributed by atoms with van der Waals surface area (Å²) in [6.45, 7) is 7.87. The Balaban J connectivity index is 0.00000261. The van der Waals surface area contributed by atoms with Gasteiger partial charge in [-0.05, 0) is 63.8 Å². The summed E-state index contributed by atoms with van der Waals surface area (Å²) in [5, 5.41) is 7.16. The molecule has 1 aromatic carbocycles. The van der Waals surface area contributed by atoms with Crippen molar-refractivity contribution >= 4 is 57.6 Å². The quantitative estimate of drug-likeness (QED) is 0.226. The zero-order chi connectivity index (χ0) is 18.6. The molecule has 27 heavy (non-hydrogen) atoms. The Labute approximate surface area is 193 Å². The molecule has 7 heteroatoms. The number of guanidine groups is 1. The lowest BCUT2D eigenvalue weighted by atomic mass is 10.1. The Hall–Kier alpha value is 0.01000. The Morgan fingerprint density at radius 1 is 1.19 bits per heavy atom. The summed E-state index contributed by atoms with van der Waals surface area (Å²) in [4.78, 5) is 8.38. The molecular formula is C20H32BrIN4S. The zero-order valence-electron chi connectivity index (χ0n) is 16.5. The summed E-state index contributed by atoms with van der Waals surface area (Å²) < 4.78 is 1.20. The summed E-state index contributed by atoms with van der Waals surface area (Å²) >= 11 is 5.39. The van der Waals surface area contributed by atoms with Gasteiger partial charge in [-0.25, -0.2) is 0 Å². The molecule has 2 aliphatic rings. The van der Waals surface area contributed by atoms with Crippen molar-refractivity contribution in [1.29, 1.82) is 0 Å². The van der Waals surface area contributed by atoms with Crippen molar-refractivity contribution in [2.45, 2.75) is 61.3 Å². The number of rotatable bonds is 6. The minimum atomic E-state index is 0. The molecular weight excluding hydrogens is 535 g/mol. The molecule has 0 aromatic heterocycles. The molecule has 1 aliphatic heterocycles. The highest BCUT2D eigenvalue weighted by Gasteiger charge is 2.32. The van der Waals surface area contributed by atoms with Crippen molar-refractivity contribution in [3.05, 3.63) is 28.7 Å². The van der Waals surface area contributed by atoms with Crippen LogP contribution in [0.15, 0.2) is 38.6 Å². The highest BCUT2D eigenvalue weighted by Crippen LogP contribution is 2.32. The molecule has 1 saturated heterocycles. The van der Waals surface area contributed by atoms with Crippen molar-refractivity contribution in [2.75, 3.05) is 26.7 Å². The van der Waals surface area contributed by atoms with Crippen LogP contribution in [-0.4, -0.2) is 54.4 Å². The first kappa shape index (κ1) is 23.3. The van der Waals surface area contributed by atoms with Crippen LogP contribution < -0.4 is 10.6 Å². The summed E-state index contributed by atoms with van der Waals surface area (Å²) in [6.07, 6.45) is 5.25. The van der Waals surface area contributed by atoms with Gasteiger partial charge in [0.2, 0.25) is 0 Å². The lowest BCUT2D eigenvalue weighted by Crippen LogP contribution is -2.50. The van der Waals surface area contributed by atoms with Gasteiger partial charge >= 0.3 is 0 Å². The number of hydrogen-bond acceptors (Lipinski definition) is 3. The number of thioether (sulfide) groups is 1. The average molecular weight is 567 g/mol. The lowest BCUT2D eigenvalue weighted by molar-refractivity contribution is 0.197. The summed E-state index contributed by atoms with van der Waals surface area (Å²) in [5.74, 6) is 0.930. The summed E-state index contributed by atoms with van der Waals surface area (Å²) in [7, 11) is 1.86. The van der Waals surface area contributed by atoms with Crippen molar-refractivity contribution in [3.8, 4) is 0 Å². The largest absolute Gasteiger partial charge is 0.355 e. The van der Waals surface area contributed by atoms with Crippen LogP contribution >= 0.6 is 51.7 Å². The number of nitrogens with one attached hydrogen (secondary N) is 2. The third-order valence-corrected chi connectivity index (χ3v) is 6.78. The van der Waals surface area contributed by atoms with Gasteiger partial charge in [0.25, 0.3) is 0 Å². The van der Waals surface area contributed by atoms with Crippen molar-refractivity contribution in [3.63, 3.8) is 0 Å². The van der Waals surface area contributed by atoms with E-state index in [0.29, 0.717) is 6.04 Å². The number of nitrogens with zero attached hydrogens (tertiary/aromatic N) is 2. The number of hydrogen-bond donors (Lipinski definition) is 2.